The van der Waals surface area contributed by atoms with E-state index in [9.17, 15) is 9.59 Å². The molecule has 0 saturated carbocycles. The van der Waals surface area contributed by atoms with Gasteiger partial charge in [-0.05, 0) is 31.4 Å². The van der Waals surface area contributed by atoms with Gasteiger partial charge in [0.25, 0.3) is 5.91 Å². The second-order valence-electron chi connectivity index (χ2n) is 5.89. The topological polar surface area (TPSA) is 89.3 Å². The first-order chi connectivity index (χ1) is 12.2. The molecule has 1 N–H and O–H groups in total. The largest absolute Gasteiger partial charge is 0.372 e. The Bertz CT molecular complexity index is 731. The Labute approximate surface area is 145 Å². The summed E-state index contributed by atoms with van der Waals surface area (Å²) in [4.78, 5) is 26.3. The molecule has 2 aromatic rings. The summed E-state index contributed by atoms with van der Waals surface area (Å²) in [5.41, 5.74) is 0.841. The summed E-state index contributed by atoms with van der Waals surface area (Å²) >= 11 is 0. The molecule has 1 atom stereocenters. The second-order valence-corrected chi connectivity index (χ2v) is 5.89. The number of hydrogen-bond acceptors (Lipinski definition) is 5. The first-order valence-electron chi connectivity index (χ1n) is 8.26. The van der Waals surface area contributed by atoms with Crippen molar-refractivity contribution in [3.8, 4) is 5.69 Å². The molecule has 2 heterocycles. The molecule has 1 saturated heterocycles. The first kappa shape index (κ1) is 17.1. The number of para-hydroxylation sites is 1. The summed E-state index contributed by atoms with van der Waals surface area (Å²) in [6.45, 7) is 0.526. The van der Waals surface area contributed by atoms with Gasteiger partial charge in [-0.1, -0.05) is 18.2 Å². The molecular formula is C17H21N5O3. The van der Waals surface area contributed by atoms with Crippen molar-refractivity contribution in [1.82, 2.24) is 19.7 Å². The summed E-state index contributed by atoms with van der Waals surface area (Å²) in [7, 11) is 1.52. The predicted octanol–water partition coefficient (Wildman–Crippen LogP) is 1.23. The molecule has 25 heavy (non-hydrogen) atoms. The number of rotatable bonds is 5. The van der Waals surface area contributed by atoms with Crippen molar-refractivity contribution < 1.29 is 14.3 Å². The lowest BCUT2D eigenvalue weighted by Gasteiger charge is -2.22. The van der Waals surface area contributed by atoms with E-state index >= 15 is 0 Å². The smallest absolute Gasteiger partial charge is 0.252 e. The molecule has 8 nitrogen and oxygen atoms in total. The van der Waals surface area contributed by atoms with Gasteiger partial charge in [-0.3, -0.25) is 19.5 Å². The Morgan fingerprint density at radius 3 is 2.88 bits per heavy atom. The number of benzene rings is 1. The first-order valence-corrected chi connectivity index (χ1v) is 8.26. The number of methoxy groups -OCH3 is 1. The maximum absolute atomic E-state index is 12.4. The zero-order valence-electron chi connectivity index (χ0n) is 14.1. The van der Waals surface area contributed by atoms with Gasteiger partial charge in [-0.2, -0.15) is 0 Å². The van der Waals surface area contributed by atoms with Crippen LogP contribution < -0.4 is 5.32 Å². The summed E-state index contributed by atoms with van der Waals surface area (Å²) in [5, 5.41) is 10.5. The number of ether oxygens (including phenoxy) is 1. The molecule has 0 spiro atoms. The summed E-state index contributed by atoms with van der Waals surface area (Å²) in [6.07, 6.45) is 3.52. The zero-order chi connectivity index (χ0) is 17.6. The Morgan fingerprint density at radius 2 is 2.12 bits per heavy atom. The maximum atomic E-state index is 12.4. The van der Waals surface area contributed by atoms with Crippen molar-refractivity contribution in [2.45, 2.75) is 25.4 Å². The molecule has 1 fully saturated rings. The lowest BCUT2D eigenvalue weighted by atomic mass is 10.2. The molecule has 1 aromatic heterocycles. The minimum Gasteiger partial charge on any atom is -0.372 e. The van der Waals surface area contributed by atoms with E-state index in [4.69, 9.17) is 4.74 Å². The van der Waals surface area contributed by atoms with Gasteiger partial charge in [-0.15, -0.1) is 10.2 Å². The molecule has 1 unspecified atom stereocenters. The van der Waals surface area contributed by atoms with Crippen LogP contribution in [0.25, 0.3) is 5.69 Å². The van der Waals surface area contributed by atoms with Gasteiger partial charge >= 0.3 is 0 Å². The number of aromatic nitrogens is 3. The van der Waals surface area contributed by atoms with E-state index in [0.29, 0.717) is 18.9 Å². The minimum absolute atomic E-state index is 0.0274. The Morgan fingerprint density at radius 1 is 1.32 bits per heavy atom. The maximum Gasteiger partial charge on any atom is 0.252 e. The number of nitrogens with one attached hydrogen (secondary N) is 1. The fourth-order valence-electron chi connectivity index (χ4n) is 2.88. The Balaban J connectivity index is 1.67. The van der Waals surface area contributed by atoms with E-state index in [1.165, 1.54) is 13.4 Å². The standard InChI is InChI=1S/C17H21N5O3/c1-25-14-9-5-6-10-21(16(14)24)11-15(23)19-17-20-18-12-22(17)13-7-3-2-4-8-13/h2-4,7-8,12,14H,5-6,9-11H2,1H3,(H,19,20,23). The molecule has 1 aliphatic rings. The SMILES string of the molecule is COC1CCCCN(CC(=O)Nc2nncn2-c2ccccc2)C1=O. The lowest BCUT2D eigenvalue weighted by Crippen LogP contribution is -2.43. The van der Waals surface area contributed by atoms with Crippen LogP contribution in [-0.2, 0) is 14.3 Å². The highest BCUT2D eigenvalue weighted by Crippen LogP contribution is 2.15. The highest BCUT2D eigenvalue weighted by molar-refractivity contribution is 5.94. The minimum atomic E-state index is -0.469. The van der Waals surface area contributed by atoms with Gasteiger partial charge in [0.05, 0.1) is 5.69 Å². The number of hydrogen-bond donors (Lipinski definition) is 1. The van der Waals surface area contributed by atoms with E-state index in [-0.39, 0.29) is 18.4 Å². The second kappa shape index (κ2) is 7.89. The van der Waals surface area contributed by atoms with Gasteiger partial charge in [0.1, 0.15) is 19.0 Å². The van der Waals surface area contributed by atoms with Crippen molar-refractivity contribution in [3.05, 3.63) is 36.7 Å². The van der Waals surface area contributed by atoms with Gasteiger partial charge in [-0.25, -0.2) is 0 Å². The molecule has 0 bridgehead atoms. The molecular weight excluding hydrogens is 322 g/mol. The van der Waals surface area contributed by atoms with Crippen LogP contribution in [0.15, 0.2) is 36.7 Å². The molecule has 2 amide bonds. The van der Waals surface area contributed by atoms with Crippen molar-refractivity contribution >= 4 is 17.8 Å². The van der Waals surface area contributed by atoms with Crippen molar-refractivity contribution in [1.29, 1.82) is 0 Å². The number of likely N-dealkylation sites (tertiary alicyclic amines) is 1. The fraction of sp³-hybridized carbons (Fsp3) is 0.412. The third-order valence-electron chi connectivity index (χ3n) is 4.18. The lowest BCUT2D eigenvalue weighted by molar-refractivity contribution is -0.143. The predicted molar refractivity (Wildman–Crippen MR) is 91.2 cm³/mol. The molecule has 1 aliphatic heterocycles. The van der Waals surface area contributed by atoms with Crippen LogP contribution in [0.2, 0.25) is 0 Å². The monoisotopic (exact) mass is 343 g/mol. The number of carbonyl (C=O) groups is 2. The number of carbonyl (C=O) groups excluding carboxylic acids is 2. The Hall–Kier alpha value is -2.74. The van der Waals surface area contributed by atoms with Gasteiger partial charge < -0.3 is 9.64 Å². The third kappa shape index (κ3) is 4.03. The normalized spacial score (nSPS) is 18.0. The summed E-state index contributed by atoms with van der Waals surface area (Å²) in [5.74, 6) is -0.128. The third-order valence-corrected chi connectivity index (χ3v) is 4.18. The van der Waals surface area contributed by atoms with Crippen molar-refractivity contribution in [3.63, 3.8) is 0 Å². The van der Waals surface area contributed by atoms with Crippen LogP contribution in [0.1, 0.15) is 19.3 Å². The Kier molecular flexibility index (Phi) is 5.39. The average Bonchev–Trinajstić information content (AvgIpc) is 3.01. The van der Waals surface area contributed by atoms with Crippen LogP contribution in [0.3, 0.4) is 0 Å². The molecule has 3 rings (SSSR count). The molecule has 8 heteroatoms. The van der Waals surface area contributed by atoms with E-state index < -0.39 is 6.10 Å². The number of anilines is 1. The average molecular weight is 343 g/mol. The molecule has 1 aromatic carbocycles. The van der Waals surface area contributed by atoms with Gasteiger partial charge in [0.2, 0.25) is 11.9 Å². The highest BCUT2D eigenvalue weighted by atomic mass is 16.5. The summed E-state index contributed by atoms with van der Waals surface area (Å²) in [6, 6.07) is 9.47. The molecule has 0 radical (unpaired) electrons. The van der Waals surface area contributed by atoms with Crippen LogP contribution in [0, 0.1) is 0 Å². The quantitative estimate of drug-likeness (QED) is 0.882. The van der Waals surface area contributed by atoms with Crippen molar-refractivity contribution in [2.24, 2.45) is 0 Å². The van der Waals surface area contributed by atoms with Crippen molar-refractivity contribution in [2.75, 3.05) is 25.5 Å². The van der Waals surface area contributed by atoms with E-state index in [1.807, 2.05) is 30.3 Å². The van der Waals surface area contributed by atoms with E-state index in [2.05, 4.69) is 15.5 Å². The number of amides is 2. The van der Waals surface area contributed by atoms with Gasteiger partial charge in [0.15, 0.2) is 0 Å². The number of nitrogens with zero attached hydrogens (tertiary/aromatic N) is 4. The van der Waals surface area contributed by atoms with Crippen LogP contribution >= 0.6 is 0 Å². The molecule has 132 valence electrons. The highest BCUT2D eigenvalue weighted by Gasteiger charge is 2.28. The van der Waals surface area contributed by atoms with Crippen LogP contribution in [-0.4, -0.2) is 57.8 Å². The van der Waals surface area contributed by atoms with Crippen LogP contribution in [0.4, 0.5) is 5.95 Å². The van der Waals surface area contributed by atoms with Gasteiger partial charge in [0, 0.05) is 13.7 Å². The van der Waals surface area contributed by atoms with E-state index in [1.54, 1.807) is 9.47 Å². The summed E-state index contributed by atoms with van der Waals surface area (Å²) < 4.78 is 6.91. The fourth-order valence-corrected chi connectivity index (χ4v) is 2.88. The van der Waals surface area contributed by atoms with E-state index in [0.717, 1.165) is 18.5 Å². The zero-order valence-corrected chi connectivity index (χ0v) is 14.1. The van der Waals surface area contributed by atoms with Crippen LogP contribution in [0.5, 0.6) is 0 Å². The molecule has 0 aliphatic carbocycles.